The Kier molecular flexibility index (Phi) is 5.87. The molecule has 23 heavy (non-hydrogen) atoms. The molecule has 2 rings (SSSR count). The van der Waals surface area contributed by atoms with E-state index in [1.54, 1.807) is 6.92 Å². The van der Waals surface area contributed by atoms with Gasteiger partial charge in [0.1, 0.15) is 12.5 Å². The van der Waals surface area contributed by atoms with Crippen molar-refractivity contribution in [2.24, 2.45) is 10.9 Å². The maximum atomic E-state index is 12.4. The number of nitrogens with one attached hydrogen (secondary N) is 1. The summed E-state index contributed by atoms with van der Waals surface area (Å²) in [4.78, 5) is 28.0. The third kappa shape index (κ3) is 4.63. The summed E-state index contributed by atoms with van der Waals surface area (Å²) < 4.78 is 10.7. The van der Waals surface area contributed by atoms with Crippen LogP contribution < -0.4 is 5.32 Å². The molecular formula is C17H22N2O4. The topological polar surface area (TPSA) is 77.0 Å². The molecule has 1 N–H and O–H groups in total. The number of carbonyl (C=O) groups is 2. The maximum absolute atomic E-state index is 12.4. The van der Waals surface area contributed by atoms with Crippen molar-refractivity contribution in [3.05, 3.63) is 35.9 Å². The molecular weight excluding hydrogens is 296 g/mol. The van der Waals surface area contributed by atoms with E-state index in [1.807, 2.05) is 44.2 Å². The fourth-order valence-electron chi connectivity index (χ4n) is 2.48. The average molecular weight is 318 g/mol. The molecule has 124 valence electrons. The first-order valence-electron chi connectivity index (χ1n) is 7.68. The second-order valence-electron chi connectivity index (χ2n) is 5.66. The molecule has 1 heterocycles. The predicted molar refractivity (Wildman–Crippen MR) is 86.4 cm³/mol. The van der Waals surface area contributed by atoms with Crippen LogP contribution in [-0.4, -0.2) is 37.0 Å². The number of rotatable bonds is 6. The van der Waals surface area contributed by atoms with Crippen molar-refractivity contribution >= 4 is 17.7 Å². The first-order valence-corrected chi connectivity index (χ1v) is 7.68. The number of amides is 2. The van der Waals surface area contributed by atoms with Crippen LogP contribution in [0.4, 0.5) is 4.79 Å². The highest BCUT2D eigenvalue weighted by molar-refractivity contribution is 6.08. The molecule has 0 fully saturated rings. The number of benzene rings is 1. The predicted octanol–water partition coefficient (Wildman–Crippen LogP) is 2.50. The van der Waals surface area contributed by atoms with E-state index in [2.05, 4.69) is 10.3 Å². The molecule has 1 aliphatic heterocycles. The SMILES string of the molecule is CC1=NC(=O)NC(c2ccccc2)C1C(=O)OCCOC(C)C. The Morgan fingerprint density at radius 1 is 1.26 bits per heavy atom. The fraction of sp³-hybridized carbons (Fsp3) is 0.471. The van der Waals surface area contributed by atoms with Gasteiger partial charge in [0, 0.05) is 5.71 Å². The number of hydrogen-bond donors (Lipinski definition) is 1. The third-order valence-corrected chi connectivity index (χ3v) is 3.53. The summed E-state index contributed by atoms with van der Waals surface area (Å²) in [5.74, 6) is -1.04. The van der Waals surface area contributed by atoms with Gasteiger partial charge in [-0.3, -0.25) is 4.79 Å². The zero-order chi connectivity index (χ0) is 16.8. The quantitative estimate of drug-likeness (QED) is 0.646. The Hall–Kier alpha value is -2.21. The normalized spacial score (nSPS) is 20.9. The Labute approximate surface area is 135 Å². The number of hydrogen-bond acceptors (Lipinski definition) is 4. The van der Waals surface area contributed by atoms with Crippen molar-refractivity contribution in [1.29, 1.82) is 0 Å². The molecule has 0 bridgehead atoms. The molecule has 0 radical (unpaired) electrons. The lowest BCUT2D eigenvalue weighted by Gasteiger charge is -2.29. The minimum atomic E-state index is -0.630. The van der Waals surface area contributed by atoms with Crippen LogP contribution in [-0.2, 0) is 14.3 Å². The van der Waals surface area contributed by atoms with Crippen LogP contribution in [0.3, 0.4) is 0 Å². The number of aliphatic imine (C=N–C) groups is 1. The molecule has 6 nitrogen and oxygen atoms in total. The second kappa shape index (κ2) is 7.87. The smallest absolute Gasteiger partial charge is 0.341 e. The van der Waals surface area contributed by atoms with Gasteiger partial charge >= 0.3 is 12.0 Å². The van der Waals surface area contributed by atoms with Crippen molar-refractivity contribution in [2.75, 3.05) is 13.2 Å². The van der Waals surface area contributed by atoms with Gasteiger partial charge in [-0.1, -0.05) is 30.3 Å². The van der Waals surface area contributed by atoms with Gasteiger partial charge in [-0.2, -0.15) is 0 Å². The molecule has 0 spiro atoms. The first kappa shape index (κ1) is 17.1. The largest absolute Gasteiger partial charge is 0.463 e. The molecule has 1 aliphatic rings. The number of nitrogens with zero attached hydrogens (tertiary/aromatic N) is 1. The van der Waals surface area contributed by atoms with Crippen molar-refractivity contribution in [3.63, 3.8) is 0 Å². The third-order valence-electron chi connectivity index (χ3n) is 3.53. The number of carbonyl (C=O) groups excluding carboxylic acids is 2. The van der Waals surface area contributed by atoms with Crippen LogP contribution >= 0.6 is 0 Å². The van der Waals surface area contributed by atoms with Gasteiger partial charge in [-0.15, -0.1) is 0 Å². The molecule has 2 unspecified atom stereocenters. The van der Waals surface area contributed by atoms with Gasteiger partial charge in [-0.25, -0.2) is 9.79 Å². The first-order chi connectivity index (χ1) is 11.0. The zero-order valence-corrected chi connectivity index (χ0v) is 13.6. The van der Waals surface area contributed by atoms with Crippen molar-refractivity contribution < 1.29 is 19.1 Å². The summed E-state index contributed by atoms with van der Waals surface area (Å²) in [6, 6.07) is 8.43. The Morgan fingerprint density at radius 2 is 1.96 bits per heavy atom. The van der Waals surface area contributed by atoms with Crippen LogP contribution in [0.15, 0.2) is 35.3 Å². The molecule has 6 heteroatoms. The molecule has 1 aromatic rings. The van der Waals surface area contributed by atoms with E-state index in [-0.39, 0.29) is 12.7 Å². The summed E-state index contributed by atoms with van der Waals surface area (Å²) in [6.45, 7) is 6.03. The number of urea groups is 1. The lowest BCUT2D eigenvalue weighted by molar-refractivity contribution is -0.149. The van der Waals surface area contributed by atoms with Crippen molar-refractivity contribution in [2.45, 2.75) is 32.9 Å². The zero-order valence-electron chi connectivity index (χ0n) is 13.6. The molecule has 2 amide bonds. The van der Waals surface area contributed by atoms with E-state index in [9.17, 15) is 9.59 Å². The Bertz CT molecular complexity index is 584. The Morgan fingerprint density at radius 3 is 2.61 bits per heavy atom. The summed E-state index contributed by atoms with van der Waals surface area (Å²) >= 11 is 0. The van der Waals surface area contributed by atoms with E-state index in [0.29, 0.717) is 12.3 Å². The molecule has 0 saturated heterocycles. The maximum Gasteiger partial charge on any atom is 0.341 e. The summed E-state index contributed by atoms with van der Waals surface area (Å²) in [6.07, 6.45) is 0.0861. The van der Waals surface area contributed by atoms with Crippen LogP contribution in [0.5, 0.6) is 0 Å². The summed E-state index contributed by atoms with van der Waals surface area (Å²) in [5, 5.41) is 2.74. The van der Waals surface area contributed by atoms with Crippen LogP contribution in [0.1, 0.15) is 32.4 Å². The number of esters is 1. The van der Waals surface area contributed by atoms with Gasteiger partial charge < -0.3 is 14.8 Å². The number of ether oxygens (including phenoxy) is 2. The average Bonchev–Trinajstić information content (AvgIpc) is 2.51. The van der Waals surface area contributed by atoms with Gasteiger partial charge in [0.15, 0.2) is 0 Å². The van der Waals surface area contributed by atoms with Crippen molar-refractivity contribution in [1.82, 2.24) is 5.32 Å². The standard InChI is InChI=1S/C17H22N2O4/c1-11(2)22-9-10-23-16(20)14-12(3)18-17(21)19-15(14)13-7-5-4-6-8-13/h4-8,11,14-15H,9-10H2,1-3H3,(H,19,21). The van der Waals surface area contributed by atoms with Gasteiger partial charge in [0.05, 0.1) is 18.8 Å². The lowest BCUT2D eigenvalue weighted by atomic mass is 9.88. The van der Waals surface area contributed by atoms with E-state index in [0.717, 1.165) is 5.56 Å². The minimum Gasteiger partial charge on any atom is -0.463 e. The van der Waals surface area contributed by atoms with Crippen LogP contribution in [0.25, 0.3) is 0 Å². The summed E-state index contributed by atoms with van der Waals surface area (Å²) in [7, 11) is 0. The van der Waals surface area contributed by atoms with E-state index >= 15 is 0 Å². The monoisotopic (exact) mass is 318 g/mol. The molecule has 0 saturated carbocycles. The Balaban J connectivity index is 2.10. The van der Waals surface area contributed by atoms with E-state index in [4.69, 9.17) is 9.47 Å². The summed E-state index contributed by atoms with van der Waals surface area (Å²) in [5.41, 5.74) is 1.30. The van der Waals surface area contributed by atoms with Gasteiger partial charge in [0.2, 0.25) is 0 Å². The highest BCUT2D eigenvalue weighted by Gasteiger charge is 2.37. The van der Waals surface area contributed by atoms with E-state index in [1.165, 1.54) is 0 Å². The molecule has 2 atom stereocenters. The van der Waals surface area contributed by atoms with Crippen molar-refractivity contribution in [3.8, 4) is 0 Å². The highest BCUT2D eigenvalue weighted by atomic mass is 16.6. The fourth-order valence-corrected chi connectivity index (χ4v) is 2.48. The van der Waals surface area contributed by atoms with Crippen LogP contribution in [0.2, 0.25) is 0 Å². The van der Waals surface area contributed by atoms with Gasteiger partial charge in [-0.05, 0) is 26.3 Å². The molecule has 1 aromatic carbocycles. The lowest BCUT2D eigenvalue weighted by Crippen LogP contribution is -2.44. The van der Waals surface area contributed by atoms with E-state index < -0.39 is 24.0 Å². The highest BCUT2D eigenvalue weighted by Crippen LogP contribution is 2.27. The molecule has 0 aromatic heterocycles. The van der Waals surface area contributed by atoms with Gasteiger partial charge in [0.25, 0.3) is 0 Å². The van der Waals surface area contributed by atoms with Crippen LogP contribution in [0, 0.1) is 5.92 Å². The molecule has 0 aliphatic carbocycles. The second-order valence-corrected chi connectivity index (χ2v) is 5.66. The minimum absolute atomic E-state index is 0.0861.